The Morgan fingerprint density at radius 1 is 0.556 bits per heavy atom. The first-order valence-electron chi connectivity index (χ1n) is 12.2. The summed E-state index contributed by atoms with van der Waals surface area (Å²) in [7, 11) is 4.18. The normalized spacial score (nSPS) is 11.1. The van der Waals surface area contributed by atoms with E-state index in [0.29, 0.717) is 0 Å². The van der Waals surface area contributed by atoms with Gasteiger partial charge in [-0.25, -0.2) is 4.98 Å². The fourth-order valence-electron chi connectivity index (χ4n) is 4.96. The van der Waals surface area contributed by atoms with Crippen LogP contribution in [0.3, 0.4) is 0 Å². The summed E-state index contributed by atoms with van der Waals surface area (Å²) < 4.78 is 2.31. The third-order valence-corrected chi connectivity index (χ3v) is 6.61. The number of aromatic nitrogens is 2. The van der Waals surface area contributed by atoms with E-state index in [9.17, 15) is 0 Å². The molecule has 0 aliphatic rings. The summed E-state index contributed by atoms with van der Waals surface area (Å²) in [6.45, 7) is 0. The van der Waals surface area contributed by atoms with E-state index in [1.807, 2.05) is 6.07 Å². The molecule has 0 radical (unpaired) electrons. The summed E-state index contributed by atoms with van der Waals surface area (Å²) >= 11 is 0. The second-order valence-electron chi connectivity index (χ2n) is 9.11. The second-order valence-corrected chi connectivity index (χ2v) is 9.11. The second kappa shape index (κ2) is 9.20. The Labute approximate surface area is 211 Å². The zero-order valence-corrected chi connectivity index (χ0v) is 20.5. The van der Waals surface area contributed by atoms with Crippen molar-refractivity contribution in [3.05, 3.63) is 127 Å². The van der Waals surface area contributed by atoms with Gasteiger partial charge in [0, 0.05) is 47.5 Å². The van der Waals surface area contributed by atoms with Gasteiger partial charge in [0.25, 0.3) is 0 Å². The maximum Gasteiger partial charge on any atom is 0.146 e. The number of hydrogen-bond donors (Lipinski definition) is 0. The van der Waals surface area contributed by atoms with Gasteiger partial charge in [-0.05, 0) is 29.7 Å². The highest BCUT2D eigenvalue weighted by Crippen LogP contribution is 2.41. The van der Waals surface area contributed by atoms with Gasteiger partial charge in [-0.1, -0.05) is 103 Å². The number of hydrogen-bond acceptors (Lipinski definition) is 2. The Kier molecular flexibility index (Phi) is 5.59. The van der Waals surface area contributed by atoms with E-state index in [0.717, 1.165) is 39.6 Å². The third-order valence-electron chi connectivity index (χ3n) is 6.61. The largest absolute Gasteiger partial charge is 0.377 e. The van der Waals surface area contributed by atoms with E-state index >= 15 is 0 Å². The molecule has 6 aromatic rings. The van der Waals surface area contributed by atoms with Crippen molar-refractivity contribution in [2.24, 2.45) is 0 Å². The molecule has 1 heterocycles. The van der Waals surface area contributed by atoms with Gasteiger partial charge in [0.05, 0.1) is 11.4 Å². The lowest BCUT2D eigenvalue weighted by atomic mass is 10.0. The average molecular weight is 466 g/mol. The Bertz CT molecular complexity index is 1630. The van der Waals surface area contributed by atoms with Crippen LogP contribution in [0, 0.1) is 0 Å². The highest BCUT2D eigenvalue weighted by molar-refractivity contribution is 6.03. The van der Waals surface area contributed by atoms with Crippen LogP contribution < -0.4 is 4.90 Å². The number of nitrogens with zero attached hydrogens (tertiary/aromatic N) is 3. The first kappa shape index (κ1) is 21.9. The fraction of sp³-hybridized carbons (Fsp3) is 0.0606. The molecule has 36 heavy (non-hydrogen) atoms. The van der Waals surface area contributed by atoms with E-state index in [4.69, 9.17) is 4.98 Å². The highest BCUT2D eigenvalue weighted by Gasteiger charge is 2.23. The molecule has 3 heteroatoms. The predicted molar refractivity (Wildman–Crippen MR) is 152 cm³/mol. The highest BCUT2D eigenvalue weighted by atomic mass is 15.1. The first-order valence-corrected chi connectivity index (χ1v) is 12.2. The average Bonchev–Trinajstić information content (AvgIpc) is 3.34. The molecular weight excluding hydrogens is 438 g/mol. The third kappa shape index (κ3) is 3.75. The molecular formula is C33H27N3. The van der Waals surface area contributed by atoms with Crippen molar-refractivity contribution < 1.29 is 0 Å². The monoisotopic (exact) mass is 465 g/mol. The number of imidazole rings is 1. The van der Waals surface area contributed by atoms with Crippen molar-refractivity contribution in [2.75, 3.05) is 19.0 Å². The van der Waals surface area contributed by atoms with Crippen LogP contribution >= 0.6 is 0 Å². The molecule has 0 unspecified atom stereocenters. The molecule has 0 atom stereocenters. The van der Waals surface area contributed by atoms with Crippen LogP contribution in [0.2, 0.25) is 0 Å². The van der Waals surface area contributed by atoms with Crippen molar-refractivity contribution in [1.29, 1.82) is 0 Å². The lowest BCUT2D eigenvalue weighted by Gasteiger charge is -2.18. The summed E-state index contributed by atoms with van der Waals surface area (Å²) in [6, 6.07) is 44.6. The summed E-state index contributed by atoms with van der Waals surface area (Å²) in [6.07, 6.45) is 0. The van der Waals surface area contributed by atoms with Crippen LogP contribution in [-0.2, 0) is 0 Å². The van der Waals surface area contributed by atoms with Crippen LogP contribution in [0.25, 0.3) is 50.4 Å². The first-order chi connectivity index (χ1) is 17.7. The van der Waals surface area contributed by atoms with E-state index < -0.39 is 0 Å². The van der Waals surface area contributed by atoms with Gasteiger partial charge in [-0.2, -0.15) is 0 Å². The fourth-order valence-corrected chi connectivity index (χ4v) is 4.96. The molecule has 1 aromatic heterocycles. The van der Waals surface area contributed by atoms with Crippen LogP contribution in [0.1, 0.15) is 0 Å². The van der Waals surface area contributed by atoms with Crippen molar-refractivity contribution in [3.63, 3.8) is 0 Å². The molecule has 3 nitrogen and oxygen atoms in total. The van der Waals surface area contributed by atoms with E-state index in [1.54, 1.807) is 0 Å². The Hall–Kier alpha value is -4.63. The number of anilines is 1. The van der Waals surface area contributed by atoms with Gasteiger partial charge in [0.2, 0.25) is 0 Å². The van der Waals surface area contributed by atoms with Crippen LogP contribution in [-0.4, -0.2) is 23.6 Å². The molecule has 0 bridgehead atoms. The predicted octanol–water partition coefficient (Wildman–Crippen LogP) is 8.09. The molecule has 0 amide bonds. The molecule has 0 saturated carbocycles. The number of rotatable bonds is 5. The minimum atomic E-state index is 0.931. The van der Waals surface area contributed by atoms with Gasteiger partial charge in [0.15, 0.2) is 0 Å². The van der Waals surface area contributed by atoms with Crippen molar-refractivity contribution in [1.82, 2.24) is 9.55 Å². The van der Waals surface area contributed by atoms with Crippen molar-refractivity contribution >= 4 is 16.5 Å². The molecule has 6 rings (SSSR count). The Morgan fingerprint density at radius 2 is 1.11 bits per heavy atom. The summed E-state index contributed by atoms with van der Waals surface area (Å²) in [5.41, 5.74) is 7.68. The molecule has 0 N–H and O–H groups in total. The molecule has 0 aliphatic carbocycles. The van der Waals surface area contributed by atoms with E-state index in [2.05, 4.69) is 145 Å². The zero-order valence-electron chi connectivity index (χ0n) is 20.5. The van der Waals surface area contributed by atoms with Crippen molar-refractivity contribution in [3.8, 4) is 39.6 Å². The molecule has 174 valence electrons. The van der Waals surface area contributed by atoms with E-state index in [-0.39, 0.29) is 0 Å². The molecule has 0 aliphatic heterocycles. The molecule has 0 spiro atoms. The van der Waals surface area contributed by atoms with Crippen molar-refractivity contribution in [2.45, 2.75) is 0 Å². The van der Waals surface area contributed by atoms with Gasteiger partial charge in [-0.15, -0.1) is 0 Å². The minimum absolute atomic E-state index is 0.931. The van der Waals surface area contributed by atoms with Gasteiger partial charge < -0.3 is 4.90 Å². The van der Waals surface area contributed by atoms with Gasteiger partial charge >= 0.3 is 0 Å². The number of para-hydroxylation sites is 1. The maximum absolute atomic E-state index is 5.38. The minimum Gasteiger partial charge on any atom is -0.377 e. The zero-order chi connectivity index (χ0) is 24.5. The summed E-state index contributed by atoms with van der Waals surface area (Å²) in [5.74, 6) is 0.931. The lowest BCUT2D eigenvalue weighted by molar-refractivity contribution is 1.07. The summed E-state index contributed by atoms with van der Waals surface area (Å²) in [4.78, 5) is 7.54. The van der Waals surface area contributed by atoms with Crippen LogP contribution in [0.15, 0.2) is 127 Å². The molecule has 0 saturated heterocycles. The molecule has 5 aromatic carbocycles. The topological polar surface area (TPSA) is 21.1 Å². The quantitative estimate of drug-likeness (QED) is 0.256. The smallest absolute Gasteiger partial charge is 0.146 e. The Balaban J connectivity index is 1.75. The number of benzene rings is 5. The maximum atomic E-state index is 5.38. The van der Waals surface area contributed by atoms with E-state index in [1.165, 1.54) is 16.5 Å². The summed E-state index contributed by atoms with van der Waals surface area (Å²) in [5, 5.41) is 2.40. The lowest BCUT2D eigenvalue weighted by Crippen LogP contribution is -2.09. The standard InChI is InChI=1S/C33H27N3/c1-35(2)30-23-22-29(27-20-12-13-21-28(27)30)33-34-31(24-14-6-3-7-15-24)32(25-16-8-4-9-17-25)36(33)26-18-10-5-11-19-26/h3-23H,1-2H3. The van der Waals surface area contributed by atoms with Crippen LogP contribution in [0.5, 0.6) is 0 Å². The van der Waals surface area contributed by atoms with Gasteiger partial charge in [0.1, 0.15) is 5.82 Å². The number of fused-ring (bicyclic) bond motifs is 1. The SMILES string of the molecule is CN(C)c1ccc(-c2nc(-c3ccccc3)c(-c3ccccc3)n2-c2ccccc2)c2ccccc12. The van der Waals surface area contributed by atoms with Gasteiger partial charge in [-0.3, -0.25) is 4.57 Å². The molecule has 0 fully saturated rings. The Morgan fingerprint density at radius 3 is 1.75 bits per heavy atom. The van der Waals surface area contributed by atoms with Crippen LogP contribution in [0.4, 0.5) is 5.69 Å².